The Labute approximate surface area is 199 Å². The van der Waals surface area contributed by atoms with Gasteiger partial charge in [0.15, 0.2) is 0 Å². The van der Waals surface area contributed by atoms with Crippen molar-refractivity contribution in [1.82, 2.24) is 0 Å². The Hall–Kier alpha value is -2.87. The van der Waals surface area contributed by atoms with Crippen molar-refractivity contribution >= 4 is 63.0 Å². The van der Waals surface area contributed by atoms with E-state index in [0.29, 0.717) is 21.8 Å². The SMILES string of the molecule is CCOC(=O)c1c(NC(=O)c2ccccc2C)sc(C(=O)Nc2cccc(Cl)c2Cl)c1C. The Morgan fingerprint density at radius 2 is 1.69 bits per heavy atom. The van der Waals surface area contributed by atoms with Gasteiger partial charge in [-0.2, -0.15) is 0 Å². The van der Waals surface area contributed by atoms with Crippen molar-refractivity contribution in [1.29, 1.82) is 0 Å². The van der Waals surface area contributed by atoms with E-state index in [-0.39, 0.29) is 33.0 Å². The molecule has 0 radical (unpaired) electrons. The minimum absolute atomic E-state index is 0.140. The first kappa shape index (κ1) is 23.8. The molecule has 0 aliphatic rings. The molecule has 0 aliphatic carbocycles. The average Bonchev–Trinajstić information content (AvgIpc) is 3.07. The second-order valence-electron chi connectivity index (χ2n) is 6.81. The third-order valence-electron chi connectivity index (χ3n) is 4.65. The molecule has 6 nitrogen and oxygen atoms in total. The van der Waals surface area contributed by atoms with Crippen LogP contribution in [0, 0.1) is 13.8 Å². The van der Waals surface area contributed by atoms with E-state index in [0.717, 1.165) is 16.9 Å². The summed E-state index contributed by atoms with van der Waals surface area (Å²) in [5.41, 5.74) is 2.11. The fraction of sp³-hybridized carbons (Fsp3) is 0.174. The summed E-state index contributed by atoms with van der Waals surface area (Å²) in [5.74, 6) is -1.50. The first-order chi connectivity index (χ1) is 15.2. The minimum atomic E-state index is -0.624. The molecule has 0 spiro atoms. The third kappa shape index (κ3) is 4.96. The number of thiophene rings is 1. The van der Waals surface area contributed by atoms with Crippen molar-refractivity contribution in [2.24, 2.45) is 0 Å². The van der Waals surface area contributed by atoms with E-state index in [2.05, 4.69) is 10.6 Å². The molecule has 1 heterocycles. The molecule has 3 rings (SSSR count). The van der Waals surface area contributed by atoms with E-state index < -0.39 is 11.9 Å². The van der Waals surface area contributed by atoms with Crippen molar-refractivity contribution in [3.05, 3.63) is 79.6 Å². The Kier molecular flexibility index (Phi) is 7.56. The normalized spacial score (nSPS) is 10.5. The summed E-state index contributed by atoms with van der Waals surface area (Å²) >= 11 is 13.2. The van der Waals surface area contributed by atoms with E-state index in [1.807, 2.05) is 19.1 Å². The molecule has 0 atom stereocenters. The topological polar surface area (TPSA) is 84.5 Å². The van der Waals surface area contributed by atoms with E-state index in [4.69, 9.17) is 27.9 Å². The summed E-state index contributed by atoms with van der Waals surface area (Å²) in [6.45, 7) is 5.27. The number of nitrogens with one attached hydrogen (secondary N) is 2. The van der Waals surface area contributed by atoms with Gasteiger partial charge in [0.25, 0.3) is 11.8 Å². The Balaban J connectivity index is 1.98. The Bertz CT molecular complexity index is 1210. The van der Waals surface area contributed by atoms with Crippen molar-refractivity contribution in [3.63, 3.8) is 0 Å². The van der Waals surface area contributed by atoms with Gasteiger partial charge in [-0.05, 0) is 50.1 Å². The minimum Gasteiger partial charge on any atom is -0.462 e. The number of esters is 1. The van der Waals surface area contributed by atoms with Gasteiger partial charge >= 0.3 is 5.97 Å². The molecule has 0 bridgehead atoms. The maximum Gasteiger partial charge on any atom is 0.341 e. The first-order valence-corrected chi connectivity index (χ1v) is 11.2. The summed E-state index contributed by atoms with van der Waals surface area (Å²) in [5, 5.41) is 6.20. The number of hydrogen-bond donors (Lipinski definition) is 2. The van der Waals surface area contributed by atoms with Crippen LogP contribution < -0.4 is 10.6 Å². The van der Waals surface area contributed by atoms with Crippen LogP contribution in [0.3, 0.4) is 0 Å². The molecular weight excluding hydrogens is 471 g/mol. The fourth-order valence-corrected chi connectivity index (χ4v) is 4.48. The largest absolute Gasteiger partial charge is 0.462 e. The molecule has 1 aromatic heterocycles. The summed E-state index contributed by atoms with van der Waals surface area (Å²) in [6.07, 6.45) is 0. The van der Waals surface area contributed by atoms with Crippen LogP contribution in [0.25, 0.3) is 0 Å². The zero-order valence-corrected chi connectivity index (χ0v) is 19.9. The highest BCUT2D eigenvalue weighted by Crippen LogP contribution is 2.36. The van der Waals surface area contributed by atoms with Gasteiger partial charge in [0.05, 0.1) is 32.8 Å². The van der Waals surface area contributed by atoms with Gasteiger partial charge in [0.2, 0.25) is 0 Å². The van der Waals surface area contributed by atoms with Crippen molar-refractivity contribution in [3.8, 4) is 0 Å². The lowest BCUT2D eigenvalue weighted by atomic mass is 10.1. The van der Waals surface area contributed by atoms with Gasteiger partial charge in [-0.1, -0.05) is 47.5 Å². The van der Waals surface area contributed by atoms with Gasteiger partial charge in [0, 0.05) is 5.56 Å². The van der Waals surface area contributed by atoms with Gasteiger partial charge in [-0.3, -0.25) is 9.59 Å². The highest BCUT2D eigenvalue weighted by Gasteiger charge is 2.27. The average molecular weight is 491 g/mol. The van der Waals surface area contributed by atoms with E-state index in [1.165, 1.54) is 0 Å². The van der Waals surface area contributed by atoms with Crippen LogP contribution in [0.2, 0.25) is 10.0 Å². The maximum atomic E-state index is 13.0. The van der Waals surface area contributed by atoms with Crippen LogP contribution in [-0.4, -0.2) is 24.4 Å². The number of aryl methyl sites for hydroxylation is 1. The van der Waals surface area contributed by atoms with Crippen molar-refractivity contribution < 1.29 is 19.1 Å². The van der Waals surface area contributed by atoms with Crippen LogP contribution >= 0.6 is 34.5 Å². The molecule has 166 valence electrons. The van der Waals surface area contributed by atoms with E-state index in [1.54, 1.807) is 44.2 Å². The summed E-state index contributed by atoms with van der Waals surface area (Å²) in [4.78, 5) is 38.7. The second-order valence-corrected chi connectivity index (χ2v) is 8.61. The number of halogens is 2. The zero-order chi connectivity index (χ0) is 23.4. The molecule has 3 aromatic rings. The van der Waals surface area contributed by atoms with Crippen LogP contribution in [0.4, 0.5) is 10.7 Å². The molecule has 0 saturated heterocycles. The van der Waals surface area contributed by atoms with Crippen LogP contribution in [0.15, 0.2) is 42.5 Å². The molecule has 0 unspecified atom stereocenters. The predicted molar refractivity (Wildman–Crippen MR) is 129 cm³/mol. The highest BCUT2D eigenvalue weighted by atomic mass is 35.5. The highest BCUT2D eigenvalue weighted by molar-refractivity contribution is 7.19. The lowest BCUT2D eigenvalue weighted by molar-refractivity contribution is 0.0527. The number of benzene rings is 2. The van der Waals surface area contributed by atoms with E-state index >= 15 is 0 Å². The van der Waals surface area contributed by atoms with Crippen molar-refractivity contribution in [2.75, 3.05) is 17.2 Å². The standard InChI is InChI=1S/C23H20Cl2N2O4S/c1-4-31-23(30)17-13(3)19(21(29)26-16-11-7-10-15(24)18(16)25)32-22(17)27-20(28)14-9-6-5-8-12(14)2/h5-11H,4H2,1-3H3,(H,26,29)(H,27,28). The molecule has 2 aromatic carbocycles. The number of rotatable bonds is 6. The second kappa shape index (κ2) is 10.2. The third-order valence-corrected chi connectivity index (χ3v) is 6.67. The predicted octanol–water partition coefficient (Wildman–Crippen LogP) is 6.35. The van der Waals surface area contributed by atoms with Crippen LogP contribution in [0.1, 0.15) is 48.4 Å². The number of anilines is 2. The maximum absolute atomic E-state index is 13.0. The number of ether oxygens (including phenoxy) is 1. The van der Waals surface area contributed by atoms with Crippen LogP contribution in [0.5, 0.6) is 0 Å². The lowest BCUT2D eigenvalue weighted by Crippen LogP contribution is -2.16. The van der Waals surface area contributed by atoms with Gasteiger partial charge in [-0.25, -0.2) is 4.79 Å². The Morgan fingerprint density at radius 1 is 0.969 bits per heavy atom. The molecule has 0 aliphatic heterocycles. The number of hydrogen-bond acceptors (Lipinski definition) is 5. The number of carbonyl (C=O) groups is 3. The number of carbonyl (C=O) groups excluding carboxylic acids is 3. The van der Waals surface area contributed by atoms with Gasteiger partial charge in [-0.15, -0.1) is 11.3 Å². The van der Waals surface area contributed by atoms with Gasteiger partial charge in [0.1, 0.15) is 5.00 Å². The summed E-state index contributed by atoms with van der Waals surface area (Å²) < 4.78 is 5.15. The molecule has 2 N–H and O–H groups in total. The smallest absolute Gasteiger partial charge is 0.341 e. The Morgan fingerprint density at radius 3 is 2.38 bits per heavy atom. The zero-order valence-electron chi connectivity index (χ0n) is 17.5. The lowest BCUT2D eigenvalue weighted by Gasteiger charge is -2.08. The van der Waals surface area contributed by atoms with E-state index in [9.17, 15) is 14.4 Å². The molecule has 2 amide bonds. The monoisotopic (exact) mass is 490 g/mol. The van der Waals surface area contributed by atoms with Crippen molar-refractivity contribution in [2.45, 2.75) is 20.8 Å². The van der Waals surface area contributed by atoms with Crippen LogP contribution in [-0.2, 0) is 4.74 Å². The molecule has 9 heteroatoms. The molecule has 0 saturated carbocycles. The molecule has 32 heavy (non-hydrogen) atoms. The molecule has 0 fully saturated rings. The summed E-state index contributed by atoms with van der Waals surface area (Å²) in [6, 6.07) is 12.0. The molecular formula is C23H20Cl2N2O4S. The summed E-state index contributed by atoms with van der Waals surface area (Å²) in [7, 11) is 0. The van der Waals surface area contributed by atoms with Gasteiger partial charge < -0.3 is 15.4 Å². The first-order valence-electron chi connectivity index (χ1n) is 9.67. The quantitative estimate of drug-likeness (QED) is 0.394. The number of amides is 2. The fourth-order valence-electron chi connectivity index (χ4n) is 3.04.